The molecule has 27 heavy (non-hydrogen) atoms. The Labute approximate surface area is 156 Å². The Bertz CT molecular complexity index is 999. The van der Waals surface area contributed by atoms with Gasteiger partial charge in [0.2, 0.25) is 0 Å². The lowest BCUT2D eigenvalue weighted by molar-refractivity contribution is -0.383. The number of hydrogen-bond donors (Lipinski definition) is 0. The highest BCUT2D eigenvalue weighted by atomic mass is 16.6. The Hall–Kier alpha value is -3.48. The number of nitrogens with zero attached hydrogens (tertiary/aromatic N) is 4. The first kappa shape index (κ1) is 17.0. The van der Waals surface area contributed by atoms with Crippen LogP contribution >= 0.6 is 0 Å². The molecular weight excluding hydrogens is 344 g/mol. The summed E-state index contributed by atoms with van der Waals surface area (Å²) in [6.07, 6.45) is 1.57. The molecule has 1 saturated heterocycles. The van der Waals surface area contributed by atoms with Crippen LogP contribution in [0.3, 0.4) is 0 Å². The second-order valence-electron chi connectivity index (χ2n) is 6.41. The van der Waals surface area contributed by atoms with E-state index in [1.54, 1.807) is 18.3 Å². The predicted molar refractivity (Wildman–Crippen MR) is 103 cm³/mol. The summed E-state index contributed by atoms with van der Waals surface area (Å²) in [5, 5.41) is 12.0. The number of piperazine rings is 1. The van der Waals surface area contributed by atoms with Gasteiger partial charge in [0, 0.05) is 55.1 Å². The highest BCUT2D eigenvalue weighted by Crippen LogP contribution is 2.32. The molecule has 4 rings (SSSR count). The monoisotopic (exact) mass is 362 g/mol. The Morgan fingerprint density at radius 2 is 1.70 bits per heavy atom. The molecule has 0 N–H and O–H groups in total. The van der Waals surface area contributed by atoms with Crippen LogP contribution in [0, 0.1) is 10.1 Å². The van der Waals surface area contributed by atoms with Crippen molar-refractivity contribution in [3.8, 4) is 0 Å². The van der Waals surface area contributed by atoms with Gasteiger partial charge in [0.15, 0.2) is 0 Å². The van der Waals surface area contributed by atoms with Crippen LogP contribution in [0.4, 0.5) is 11.4 Å². The number of benzene rings is 2. The summed E-state index contributed by atoms with van der Waals surface area (Å²) in [7, 11) is 0. The van der Waals surface area contributed by atoms with Crippen LogP contribution in [-0.4, -0.2) is 46.9 Å². The van der Waals surface area contributed by atoms with Crippen molar-refractivity contribution in [3.63, 3.8) is 0 Å². The number of fused-ring (bicyclic) bond motifs is 1. The molecular formula is C20H18N4O3. The summed E-state index contributed by atoms with van der Waals surface area (Å²) >= 11 is 0. The predicted octanol–water partition coefficient (Wildman–Crippen LogP) is 3.11. The zero-order valence-corrected chi connectivity index (χ0v) is 14.6. The third-order valence-electron chi connectivity index (χ3n) is 4.85. The number of carbonyl (C=O) groups excluding carboxylic acids is 1. The van der Waals surface area contributed by atoms with Crippen LogP contribution in [-0.2, 0) is 0 Å². The van der Waals surface area contributed by atoms with Gasteiger partial charge in [-0.15, -0.1) is 0 Å². The number of pyridine rings is 1. The summed E-state index contributed by atoms with van der Waals surface area (Å²) in [5.74, 6) is 0.0328. The molecule has 2 aromatic carbocycles. The van der Waals surface area contributed by atoms with Gasteiger partial charge < -0.3 is 9.80 Å². The second-order valence-corrected chi connectivity index (χ2v) is 6.41. The van der Waals surface area contributed by atoms with E-state index < -0.39 is 4.92 Å². The van der Waals surface area contributed by atoms with Gasteiger partial charge in [0.05, 0.1) is 4.92 Å². The van der Waals surface area contributed by atoms with Crippen molar-refractivity contribution >= 4 is 28.2 Å². The zero-order chi connectivity index (χ0) is 18.8. The first-order valence-corrected chi connectivity index (χ1v) is 8.76. The fraction of sp³-hybridized carbons (Fsp3) is 0.200. The van der Waals surface area contributed by atoms with Crippen LogP contribution < -0.4 is 4.90 Å². The molecule has 1 fully saturated rings. The summed E-state index contributed by atoms with van der Waals surface area (Å²) in [5.41, 5.74) is 2.00. The Balaban J connectivity index is 1.56. The van der Waals surface area contributed by atoms with Crippen molar-refractivity contribution < 1.29 is 9.72 Å². The average Bonchev–Trinajstić information content (AvgIpc) is 2.73. The number of rotatable bonds is 3. The lowest BCUT2D eigenvalue weighted by Crippen LogP contribution is -2.48. The van der Waals surface area contributed by atoms with Gasteiger partial charge in [-0.05, 0) is 30.3 Å². The van der Waals surface area contributed by atoms with E-state index in [1.165, 1.54) is 6.07 Å². The van der Waals surface area contributed by atoms with Crippen molar-refractivity contribution in [2.75, 3.05) is 31.1 Å². The standard InChI is InChI=1S/C20H18N4O3/c25-20(15-5-2-1-3-6-15)23-13-11-22(12-14-23)17-8-9-18(24(26)27)19-16(17)7-4-10-21-19/h1-10H,11-14H2. The number of aromatic nitrogens is 1. The normalized spacial score (nSPS) is 14.4. The SMILES string of the molecule is O=C(c1ccccc1)N1CCN(c2ccc([N+](=O)[O-])c3ncccc23)CC1. The van der Waals surface area contributed by atoms with E-state index in [0.717, 1.165) is 11.1 Å². The van der Waals surface area contributed by atoms with Gasteiger partial charge in [-0.25, -0.2) is 4.98 Å². The third kappa shape index (κ3) is 3.19. The molecule has 0 atom stereocenters. The summed E-state index contributed by atoms with van der Waals surface area (Å²) in [6, 6.07) is 16.2. The molecule has 0 bridgehead atoms. The van der Waals surface area contributed by atoms with Crippen LogP contribution in [0.1, 0.15) is 10.4 Å². The molecule has 0 aliphatic carbocycles. The van der Waals surface area contributed by atoms with Gasteiger partial charge in [-0.1, -0.05) is 18.2 Å². The molecule has 1 aliphatic rings. The van der Waals surface area contributed by atoms with Gasteiger partial charge in [-0.2, -0.15) is 0 Å². The fourth-order valence-electron chi connectivity index (χ4n) is 3.48. The maximum absolute atomic E-state index is 12.6. The largest absolute Gasteiger partial charge is 0.367 e. The van der Waals surface area contributed by atoms with Crippen LogP contribution in [0.25, 0.3) is 10.9 Å². The molecule has 0 saturated carbocycles. The van der Waals surface area contributed by atoms with E-state index in [2.05, 4.69) is 9.88 Å². The number of hydrogen-bond acceptors (Lipinski definition) is 5. The highest BCUT2D eigenvalue weighted by molar-refractivity contribution is 5.98. The van der Waals surface area contributed by atoms with Crippen LogP contribution in [0.5, 0.6) is 0 Å². The quantitative estimate of drug-likeness (QED) is 0.528. The topological polar surface area (TPSA) is 79.6 Å². The van der Waals surface area contributed by atoms with Crippen molar-refractivity contribution in [2.24, 2.45) is 0 Å². The maximum atomic E-state index is 12.6. The molecule has 136 valence electrons. The number of non-ortho nitro benzene ring substituents is 1. The molecule has 2 heterocycles. The van der Waals surface area contributed by atoms with Gasteiger partial charge in [0.25, 0.3) is 11.6 Å². The number of anilines is 1. The number of carbonyl (C=O) groups is 1. The number of nitro benzene ring substituents is 1. The summed E-state index contributed by atoms with van der Waals surface area (Å²) in [4.78, 5) is 31.7. The molecule has 7 nitrogen and oxygen atoms in total. The lowest BCUT2D eigenvalue weighted by Gasteiger charge is -2.36. The van der Waals surface area contributed by atoms with E-state index in [9.17, 15) is 14.9 Å². The molecule has 1 aliphatic heterocycles. The summed E-state index contributed by atoms with van der Waals surface area (Å²) in [6.45, 7) is 2.54. The first-order chi connectivity index (χ1) is 13.1. The van der Waals surface area contributed by atoms with Gasteiger partial charge in [0.1, 0.15) is 5.52 Å². The first-order valence-electron chi connectivity index (χ1n) is 8.76. The molecule has 3 aromatic rings. The van der Waals surface area contributed by atoms with E-state index in [0.29, 0.717) is 37.3 Å². The fourth-order valence-corrected chi connectivity index (χ4v) is 3.48. The average molecular weight is 362 g/mol. The van der Waals surface area contributed by atoms with Crippen LogP contribution in [0.2, 0.25) is 0 Å². The molecule has 1 aromatic heterocycles. The minimum absolute atomic E-state index is 0.00670. The molecule has 1 amide bonds. The summed E-state index contributed by atoms with van der Waals surface area (Å²) < 4.78 is 0. The van der Waals surface area contributed by atoms with Crippen LogP contribution in [0.15, 0.2) is 60.8 Å². The van der Waals surface area contributed by atoms with E-state index in [-0.39, 0.29) is 11.6 Å². The Morgan fingerprint density at radius 3 is 2.41 bits per heavy atom. The zero-order valence-electron chi connectivity index (χ0n) is 14.6. The smallest absolute Gasteiger partial charge is 0.295 e. The van der Waals surface area contributed by atoms with Gasteiger partial charge in [-0.3, -0.25) is 14.9 Å². The minimum Gasteiger partial charge on any atom is -0.367 e. The second kappa shape index (κ2) is 7.03. The third-order valence-corrected chi connectivity index (χ3v) is 4.85. The van der Waals surface area contributed by atoms with Gasteiger partial charge >= 0.3 is 0 Å². The van der Waals surface area contributed by atoms with Crippen molar-refractivity contribution in [2.45, 2.75) is 0 Å². The Kier molecular flexibility index (Phi) is 4.42. The lowest BCUT2D eigenvalue weighted by atomic mass is 10.1. The van der Waals surface area contributed by atoms with E-state index in [4.69, 9.17) is 0 Å². The van der Waals surface area contributed by atoms with E-state index >= 15 is 0 Å². The number of nitro groups is 1. The van der Waals surface area contributed by atoms with Crippen molar-refractivity contribution in [3.05, 3.63) is 76.5 Å². The van der Waals surface area contributed by atoms with Crippen molar-refractivity contribution in [1.29, 1.82) is 0 Å². The highest BCUT2D eigenvalue weighted by Gasteiger charge is 2.24. The molecule has 0 radical (unpaired) electrons. The molecule has 0 unspecified atom stereocenters. The minimum atomic E-state index is -0.407. The van der Waals surface area contributed by atoms with E-state index in [1.807, 2.05) is 41.3 Å². The Morgan fingerprint density at radius 1 is 0.963 bits per heavy atom. The van der Waals surface area contributed by atoms with Crippen molar-refractivity contribution in [1.82, 2.24) is 9.88 Å². The molecule has 7 heteroatoms. The molecule has 0 spiro atoms. The number of amides is 1. The maximum Gasteiger partial charge on any atom is 0.295 e.